The van der Waals surface area contributed by atoms with Gasteiger partial charge in [0.05, 0.1) is 16.3 Å². The standard InChI is InChI=1S/C28H30N6O3S/c1-2-22(35)33-13-5-8-19(16-33)31-26(36)25-24-23-21(10-12-30-27(23)38-25)34(28(37)32-24)20-9-3-6-17(14-20)18-7-4-11-29-15-18/h2-4,6-7,9,11,14-15,19,21,23,27,30H,1,5,8,10,12-13,16H2,(H,31,36)(H,32,37)/t19-,21?,23?,27?/m1/s1. The van der Waals surface area contributed by atoms with Crippen LogP contribution in [-0.2, 0) is 9.59 Å². The molecule has 2 aromatic rings. The number of nitrogens with one attached hydrogen (secondary N) is 3. The highest BCUT2D eigenvalue weighted by atomic mass is 32.2. The molecule has 0 spiro atoms. The fraction of sp³-hybridized carbons (Fsp3) is 0.357. The van der Waals surface area contributed by atoms with Gasteiger partial charge in [0.15, 0.2) is 0 Å². The maximum Gasteiger partial charge on any atom is 0.326 e. The zero-order chi connectivity index (χ0) is 26.2. The number of pyridine rings is 1. The Morgan fingerprint density at radius 1 is 1.18 bits per heavy atom. The molecule has 3 fully saturated rings. The Balaban J connectivity index is 1.25. The number of urea groups is 1. The van der Waals surface area contributed by atoms with Crippen molar-refractivity contribution in [2.24, 2.45) is 5.92 Å². The van der Waals surface area contributed by atoms with Gasteiger partial charge in [-0.1, -0.05) is 36.5 Å². The number of likely N-dealkylation sites (tertiary alicyclic amines) is 1. The Morgan fingerprint density at radius 2 is 2.05 bits per heavy atom. The minimum absolute atomic E-state index is 0.000645. The second-order valence-electron chi connectivity index (χ2n) is 10.0. The number of aromatic nitrogens is 1. The molecule has 3 saturated heterocycles. The van der Waals surface area contributed by atoms with Crippen molar-refractivity contribution in [2.75, 3.05) is 24.5 Å². The summed E-state index contributed by atoms with van der Waals surface area (Å²) in [5.41, 5.74) is 3.51. The highest BCUT2D eigenvalue weighted by Crippen LogP contribution is 2.48. The molecule has 5 heterocycles. The Hall–Kier alpha value is -3.63. The van der Waals surface area contributed by atoms with E-state index in [0.29, 0.717) is 23.7 Å². The predicted octanol–water partition coefficient (Wildman–Crippen LogP) is 2.83. The minimum Gasteiger partial charge on any atom is -0.347 e. The van der Waals surface area contributed by atoms with Crippen LogP contribution in [-0.4, -0.2) is 64.8 Å². The van der Waals surface area contributed by atoms with Crippen molar-refractivity contribution in [2.45, 2.75) is 36.7 Å². The number of nitrogens with zero attached hydrogens (tertiary/aromatic N) is 3. The quantitative estimate of drug-likeness (QED) is 0.514. The van der Waals surface area contributed by atoms with Crippen molar-refractivity contribution in [1.29, 1.82) is 0 Å². The number of anilines is 1. The predicted molar refractivity (Wildman–Crippen MR) is 147 cm³/mol. The van der Waals surface area contributed by atoms with Crippen LogP contribution in [0.3, 0.4) is 0 Å². The summed E-state index contributed by atoms with van der Waals surface area (Å²) in [4.78, 5) is 47.4. The first-order valence-electron chi connectivity index (χ1n) is 13.0. The molecule has 4 aliphatic rings. The fourth-order valence-corrected chi connectivity index (χ4v) is 7.37. The molecule has 3 unspecified atom stereocenters. The molecule has 1 aromatic heterocycles. The summed E-state index contributed by atoms with van der Waals surface area (Å²) >= 11 is 1.49. The summed E-state index contributed by atoms with van der Waals surface area (Å²) in [6.45, 7) is 5.46. The normalized spacial score (nSPS) is 26.5. The number of hydrogen-bond donors (Lipinski definition) is 3. The number of hydrogen-bond acceptors (Lipinski definition) is 6. The third-order valence-electron chi connectivity index (χ3n) is 7.71. The Bertz CT molecular complexity index is 1310. The van der Waals surface area contributed by atoms with E-state index in [0.717, 1.165) is 42.6 Å². The first kappa shape index (κ1) is 24.7. The van der Waals surface area contributed by atoms with Crippen LogP contribution in [0, 0.1) is 5.92 Å². The Labute approximate surface area is 225 Å². The van der Waals surface area contributed by atoms with Gasteiger partial charge in [0.1, 0.15) is 0 Å². The molecule has 10 heteroatoms. The zero-order valence-corrected chi connectivity index (χ0v) is 21.7. The molecule has 38 heavy (non-hydrogen) atoms. The van der Waals surface area contributed by atoms with E-state index in [9.17, 15) is 14.4 Å². The number of benzene rings is 1. The van der Waals surface area contributed by atoms with Gasteiger partial charge in [-0.2, -0.15) is 0 Å². The summed E-state index contributed by atoms with van der Waals surface area (Å²) in [5.74, 6) is -0.337. The topological polar surface area (TPSA) is 107 Å². The monoisotopic (exact) mass is 530 g/mol. The number of amides is 4. The van der Waals surface area contributed by atoms with Crippen molar-refractivity contribution >= 4 is 35.3 Å². The van der Waals surface area contributed by atoms with E-state index in [-0.39, 0.29) is 41.2 Å². The first-order chi connectivity index (χ1) is 18.5. The smallest absolute Gasteiger partial charge is 0.326 e. The van der Waals surface area contributed by atoms with Crippen LogP contribution < -0.4 is 20.9 Å². The van der Waals surface area contributed by atoms with Gasteiger partial charge in [0.2, 0.25) is 5.91 Å². The molecule has 4 amide bonds. The number of rotatable bonds is 5. The first-order valence-corrected chi connectivity index (χ1v) is 13.9. The molecule has 0 aliphatic carbocycles. The van der Waals surface area contributed by atoms with E-state index in [1.807, 2.05) is 47.5 Å². The van der Waals surface area contributed by atoms with Crippen LogP contribution >= 0.6 is 11.8 Å². The van der Waals surface area contributed by atoms with Gasteiger partial charge in [-0.3, -0.25) is 19.5 Å². The molecule has 0 radical (unpaired) electrons. The van der Waals surface area contributed by atoms with Crippen LogP contribution in [0.2, 0.25) is 0 Å². The van der Waals surface area contributed by atoms with Gasteiger partial charge in [-0.05, 0) is 55.6 Å². The molecule has 6 rings (SSSR count). The van der Waals surface area contributed by atoms with E-state index < -0.39 is 0 Å². The lowest BCUT2D eigenvalue weighted by molar-refractivity contribution is -0.128. The highest BCUT2D eigenvalue weighted by Gasteiger charge is 2.51. The lowest BCUT2D eigenvalue weighted by atomic mass is 9.86. The highest BCUT2D eigenvalue weighted by molar-refractivity contribution is 8.04. The average molecular weight is 531 g/mol. The Kier molecular flexibility index (Phi) is 6.67. The molecule has 1 aromatic carbocycles. The van der Waals surface area contributed by atoms with Crippen LogP contribution in [0.25, 0.3) is 11.1 Å². The molecular weight excluding hydrogens is 500 g/mol. The number of carbonyl (C=O) groups is 3. The molecule has 196 valence electrons. The fourth-order valence-electron chi connectivity index (χ4n) is 5.97. The summed E-state index contributed by atoms with van der Waals surface area (Å²) < 4.78 is 0. The lowest BCUT2D eigenvalue weighted by Crippen LogP contribution is -2.62. The Morgan fingerprint density at radius 3 is 2.87 bits per heavy atom. The van der Waals surface area contributed by atoms with E-state index in [2.05, 4.69) is 27.5 Å². The summed E-state index contributed by atoms with van der Waals surface area (Å²) in [6.07, 6.45) is 7.28. The number of carbonyl (C=O) groups excluding carboxylic acids is 3. The van der Waals surface area contributed by atoms with Crippen LogP contribution in [0.15, 0.2) is 72.0 Å². The maximum absolute atomic E-state index is 13.5. The van der Waals surface area contributed by atoms with Gasteiger partial charge in [0, 0.05) is 54.4 Å². The molecule has 9 nitrogen and oxygen atoms in total. The van der Waals surface area contributed by atoms with E-state index in [4.69, 9.17) is 0 Å². The van der Waals surface area contributed by atoms with Crippen LogP contribution in [0.5, 0.6) is 0 Å². The SMILES string of the molecule is C=CC(=O)N1CCC[C@@H](NC(=O)C2=C3NC(=O)N(c4cccc(-c5cccnc5)c4)C4CCNC(S2)C34)C1. The van der Waals surface area contributed by atoms with Crippen LogP contribution in [0.1, 0.15) is 19.3 Å². The lowest BCUT2D eigenvalue weighted by Gasteiger charge is -2.45. The van der Waals surface area contributed by atoms with Gasteiger partial charge in [0.25, 0.3) is 5.91 Å². The van der Waals surface area contributed by atoms with Crippen molar-refractivity contribution in [3.05, 3.63) is 72.0 Å². The molecule has 0 saturated carbocycles. The van der Waals surface area contributed by atoms with Gasteiger partial charge in [-0.15, -0.1) is 0 Å². The summed E-state index contributed by atoms with van der Waals surface area (Å²) in [5, 5.41) is 9.74. The van der Waals surface area contributed by atoms with E-state index in [1.54, 1.807) is 11.1 Å². The molecule has 4 atom stereocenters. The average Bonchev–Trinajstić information content (AvgIpc) is 3.33. The van der Waals surface area contributed by atoms with Crippen molar-refractivity contribution < 1.29 is 14.4 Å². The number of piperidine rings is 2. The maximum atomic E-state index is 13.5. The van der Waals surface area contributed by atoms with Crippen molar-refractivity contribution in [3.8, 4) is 11.1 Å². The third kappa shape index (κ3) is 4.48. The number of thioether (sulfide) groups is 1. The second-order valence-corrected chi connectivity index (χ2v) is 11.2. The summed E-state index contributed by atoms with van der Waals surface area (Å²) in [6, 6.07) is 11.4. The minimum atomic E-state index is -0.224. The van der Waals surface area contributed by atoms with Gasteiger partial charge >= 0.3 is 6.03 Å². The molecular formula is C28H30N6O3S. The second kappa shape index (κ2) is 10.3. The zero-order valence-electron chi connectivity index (χ0n) is 20.9. The molecule has 4 aliphatic heterocycles. The van der Waals surface area contributed by atoms with Crippen LogP contribution in [0.4, 0.5) is 10.5 Å². The van der Waals surface area contributed by atoms with Gasteiger partial charge < -0.3 is 20.9 Å². The van der Waals surface area contributed by atoms with Crippen molar-refractivity contribution in [1.82, 2.24) is 25.8 Å². The third-order valence-corrected chi connectivity index (χ3v) is 9.06. The molecule has 3 N–H and O–H groups in total. The summed E-state index contributed by atoms with van der Waals surface area (Å²) in [7, 11) is 0. The molecule has 0 bridgehead atoms. The van der Waals surface area contributed by atoms with Gasteiger partial charge in [-0.25, -0.2) is 4.79 Å². The van der Waals surface area contributed by atoms with Crippen molar-refractivity contribution in [3.63, 3.8) is 0 Å². The van der Waals surface area contributed by atoms with E-state index in [1.165, 1.54) is 17.8 Å². The van der Waals surface area contributed by atoms with E-state index >= 15 is 0 Å². The largest absolute Gasteiger partial charge is 0.347 e.